The predicted octanol–water partition coefficient (Wildman–Crippen LogP) is 5.42. The van der Waals surface area contributed by atoms with Crippen molar-refractivity contribution in [1.82, 2.24) is 0 Å². The van der Waals surface area contributed by atoms with Crippen LogP contribution in [0, 0.1) is 0 Å². The zero-order valence-corrected chi connectivity index (χ0v) is 13.2. The summed E-state index contributed by atoms with van der Waals surface area (Å²) in [7, 11) is 0. The summed E-state index contributed by atoms with van der Waals surface area (Å²) >= 11 is 0. The summed E-state index contributed by atoms with van der Waals surface area (Å²) in [6.07, 6.45) is 5.74. The molecule has 2 rings (SSSR count). The van der Waals surface area contributed by atoms with E-state index >= 15 is 0 Å². The Balaban J connectivity index is 2.33. The fourth-order valence-corrected chi connectivity index (χ4v) is 2.79. The van der Waals surface area contributed by atoms with Gasteiger partial charge in [-0.05, 0) is 50.3 Å². The molecule has 1 aromatic rings. The molecule has 0 radical (unpaired) electrons. The van der Waals surface area contributed by atoms with E-state index in [4.69, 9.17) is 4.99 Å². The van der Waals surface area contributed by atoms with E-state index in [-0.39, 0.29) is 0 Å². The van der Waals surface area contributed by atoms with Crippen molar-refractivity contribution in [1.29, 1.82) is 0 Å². The van der Waals surface area contributed by atoms with Crippen molar-refractivity contribution in [2.75, 3.05) is 6.54 Å². The van der Waals surface area contributed by atoms with E-state index in [2.05, 4.69) is 58.0 Å². The number of rotatable bonds is 5. The number of nitrogens with zero attached hydrogens (tertiary/aromatic N) is 1. The Bertz CT molecular complexity index is 573. The van der Waals surface area contributed by atoms with Crippen LogP contribution in [0.25, 0.3) is 5.57 Å². The smallest absolute Gasteiger partial charge is 0.0395 e. The highest BCUT2D eigenvalue weighted by Gasteiger charge is 2.15. The van der Waals surface area contributed by atoms with Crippen LogP contribution >= 0.6 is 0 Å². The SMILES string of the molecule is CCCCN=C(C)c1ccccc1C1=C(C)C=C(C)C1. The lowest BCUT2D eigenvalue weighted by Gasteiger charge is -2.12. The predicted molar refractivity (Wildman–Crippen MR) is 89.4 cm³/mol. The zero-order chi connectivity index (χ0) is 14.5. The highest BCUT2D eigenvalue weighted by molar-refractivity contribution is 6.03. The number of hydrogen-bond acceptors (Lipinski definition) is 1. The normalized spacial score (nSPS) is 15.8. The first-order valence-corrected chi connectivity index (χ1v) is 7.61. The summed E-state index contributed by atoms with van der Waals surface area (Å²) in [5.74, 6) is 0. The second-order valence-corrected chi connectivity index (χ2v) is 5.70. The number of unbranched alkanes of at least 4 members (excludes halogenated alkanes) is 1. The van der Waals surface area contributed by atoms with Gasteiger partial charge in [0.1, 0.15) is 0 Å². The maximum Gasteiger partial charge on any atom is 0.0395 e. The maximum absolute atomic E-state index is 4.74. The van der Waals surface area contributed by atoms with Crippen molar-refractivity contribution in [3.05, 3.63) is 52.6 Å². The largest absolute Gasteiger partial charge is 0.289 e. The topological polar surface area (TPSA) is 12.4 Å². The van der Waals surface area contributed by atoms with Gasteiger partial charge in [-0.15, -0.1) is 0 Å². The minimum absolute atomic E-state index is 0.936. The standard InChI is InChI=1S/C19H25N/c1-5-6-11-20-16(4)17-9-7-8-10-18(17)19-13-14(2)12-15(19)3/h7-10,12H,5-6,11,13H2,1-4H3. The van der Waals surface area contributed by atoms with Crippen molar-refractivity contribution in [3.8, 4) is 0 Å². The number of allylic oxidation sites excluding steroid dienone is 4. The molecule has 0 heterocycles. The van der Waals surface area contributed by atoms with Crippen molar-refractivity contribution >= 4 is 11.3 Å². The Labute approximate surface area is 123 Å². The molecule has 106 valence electrons. The molecule has 0 fully saturated rings. The van der Waals surface area contributed by atoms with Gasteiger partial charge in [0.25, 0.3) is 0 Å². The summed E-state index contributed by atoms with van der Waals surface area (Å²) in [6, 6.07) is 8.68. The van der Waals surface area contributed by atoms with E-state index < -0.39 is 0 Å². The minimum Gasteiger partial charge on any atom is -0.289 e. The van der Waals surface area contributed by atoms with Crippen molar-refractivity contribution < 1.29 is 0 Å². The fraction of sp³-hybridized carbons (Fsp3) is 0.421. The Hall–Kier alpha value is -1.63. The van der Waals surface area contributed by atoms with Gasteiger partial charge >= 0.3 is 0 Å². The molecule has 0 aliphatic heterocycles. The molecule has 1 aromatic carbocycles. The summed E-state index contributed by atoms with van der Waals surface area (Å²) in [5, 5.41) is 0. The summed E-state index contributed by atoms with van der Waals surface area (Å²) in [5.41, 5.74) is 8.13. The van der Waals surface area contributed by atoms with Gasteiger partial charge in [-0.3, -0.25) is 4.99 Å². The van der Waals surface area contributed by atoms with Gasteiger partial charge in [-0.25, -0.2) is 0 Å². The molecule has 20 heavy (non-hydrogen) atoms. The van der Waals surface area contributed by atoms with E-state index in [9.17, 15) is 0 Å². The third-order valence-electron chi connectivity index (χ3n) is 3.90. The van der Waals surface area contributed by atoms with E-state index in [1.54, 1.807) is 0 Å². The van der Waals surface area contributed by atoms with Crippen molar-refractivity contribution in [2.45, 2.75) is 47.0 Å². The first kappa shape index (κ1) is 14.8. The van der Waals surface area contributed by atoms with Crippen LogP contribution in [-0.4, -0.2) is 12.3 Å². The van der Waals surface area contributed by atoms with Gasteiger partial charge in [0.05, 0.1) is 0 Å². The first-order chi connectivity index (χ1) is 9.63. The molecule has 0 N–H and O–H groups in total. The summed E-state index contributed by atoms with van der Waals surface area (Å²) in [6.45, 7) is 9.71. The lowest BCUT2D eigenvalue weighted by molar-refractivity contribution is 0.808. The molecule has 0 spiro atoms. The minimum atomic E-state index is 0.936. The highest BCUT2D eigenvalue weighted by Crippen LogP contribution is 2.34. The van der Waals surface area contributed by atoms with Crippen LogP contribution < -0.4 is 0 Å². The molecule has 0 atom stereocenters. The molecular formula is C19H25N. The van der Waals surface area contributed by atoms with Gasteiger partial charge in [0, 0.05) is 17.8 Å². The van der Waals surface area contributed by atoms with E-state index in [0.717, 1.165) is 13.0 Å². The molecule has 1 aliphatic rings. The Morgan fingerprint density at radius 2 is 1.95 bits per heavy atom. The Kier molecular flexibility index (Phi) is 4.94. The number of benzene rings is 1. The molecule has 1 nitrogen and oxygen atoms in total. The quantitative estimate of drug-likeness (QED) is 0.499. The second-order valence-electron chi connectivity index (χ2n) is 5.70. The number of hydrogen-bond donors (Lipinski definition) is 0. The zero-order valence-electron chi connectivity index (χ0n) is 13.2. The molecule has 0 aromatic heterocycles. The second kappa shape index (κ2) is 6.69. The summed E-state index contributed by atoms with van der Waals surface area (Å²) < 4.78 is 0. The lowest BCUT2D eigenvalue weighted by Crippen LogP contribution is -2.02. The number of aliphatic imine (C=N–C) groups is 1. The van der Waals surface area contributed by atoms with E-state index in [1.165, 1.54) is 46.4 Å². The van der Waals surface area contributed by atoms with Crippen LogP contribution in [0.15, 0.2) is 46.5 Å². The van der Waals surface area contributed by atoms with Crippen molar-refractivity contribution in [2.24, 2.45) is 4.99 Å². The summed E-state index contributed by atoms with van der Waals surface area (Å²) in [4.78, 5) is 4.74. The average Bonchev–Trinajstić information content (AvgIpc) is 2.78. The third-order valence-corrected chi connectivity index (χ3v) is 3.90. The lowest BCUT2D eigenvalue weighted by atomic mass is 9.94. The van der Waals surface area contributed by atoms with Gasteiger partial charge in [0.15, 0.2) is 0 Å². The maximum atomic E-state index is 4.74. The van der Waals surface area contributed by atoms with Crippen LogP contribution in [0.2, 0.25) is 0 Å². The molecule has 0 unspecified atom stereocenters. The Morgan fingerprint density at radius 1 is 1.20 bits per heavy atom. The highest BCUT2D eigenvalue weighted by atomic mass is 14.7. The van der Waals surface area contributed by atoms with Gasteiger partial charge in [-0.1, -0.05) is 49.3 Å². The molecule has 1 aliphatic carbocycles. The van der Waals surface area contributed by atoms with Crippen LogP contribution in [0.5, 0.6) is 0 Å². The van der Waals surface area contributed by atoms with E-state index in [0.29, 0.717) is 0 Å². The third kappa shape index (κ3) is 3.27. The van der Waals surface area contributed by atoms with E-state index in [1.807, 2.05) is 0 Å². The van der Waals surface area contributed by atoms with Crippen LogP contribution in [0.4, 0.5) is 0 Å². The monoisotopic (exact) mass is 267 g/mol. The van der Waals surface area contributed by atoms with Crippen LogP contribution in [0.3, 0.4) is 0 Å². The van der Waals surface area contributed by atoms with Crippen LogP contribution in [-0.2, 0) is 0 Å². The van der Waals surface area contributed by atoms with Gasteiger partial charge in [-0.2, -0.15) is 0 Å². The van der Waals surface area contributed by atoms with Crippen molar-refractivity contribution in [3.63, 3.8) is 0 Å². The van der Waals surface area contributed by atoms with Crippen LogP contribution in [0.1, 0.15) is 58.1 Å². The molecule has 0 bridgehead atoms. The first-order valence-electron chi connectivity index (χ1n) is 7.61. The molecule has 0 amide bonds. The van der Waals surface area contributed by atoms with Gasteiger partial charge < -0.3 is 0 Å². The van der Waals surface area contributed by atoms with Gasteiger partial charge in [0.2, 0.25) is 0 Å². The Morgan fingerprint density at radius 3 is 2.60 bits per heavy atom. The molecule has 0 saturated carbocycles. The fourth-order valence-electron chi connectivity index (χ4n) is 2.79. The molecule has 1 heteroatoms. The molecule has 0 saturated heterocycles. The average molecular weight is 267 g/mol. The molecular weight excluding hydrogens is 242 g/mol.